The first-order valence-electron chi connectivity index (χ1n) is 6.82. The minimum Gasteiger partial charge on any atom is -0.496 e. The third-order valence-electron chi connectivity index (χ3n) is 3.63. The fourth-order valence-corrected chi connectivity index (χ4v) is 3.30. The first-order valence-corrected chi connectivity index (χ1v) is 7.90. The Kier molecular flexibility index (Phi) is 4.12. The predicted molar refractivity (Wildman–Crippen MR) is 93.5 cm³/mol. The molecule has 0 radical (unpaired) electrons. The first-order chi connectivity index (χ1) is 11.1. The van der Waals surface area contributed by atoms with Crippen molar-refractivity contribution in [1.82, 2.24) is 0 Å². The number of methoxy groups -OCH3 is 1. The second-order valence-corrected chi connectivity index (χ2v) is 6.00. The van der Waals surface area contributed by atoms with Crippen molar-refractivity contribution in [3.05, 3.63) is 74.4 Å². The molecule has 0 saturated carbocycles. The molecular formula is C18H11IO4. The molecule has 0 fully saturated rings. The van der Waals surface area contributed by atoms with Crippen molar-refractivity contribution >= 4 is 39.9 Å². The number of allylic oxidation sites excluding steroid dienone is 2. The van der Waals surface area contributed by atoms with Gasteiger partial charge in [0, 0.05) is 11.1 Å². The van der Waals surface area contributed by atoms with Crippen LogP contribution in [0.15, 0.2) is 57.7 Å². The van der Waals surface area contributed by atoms with Gasteiger partial charge in [-0.1, -0.05) is 36.4 Å². The highest BCUT2D eigenvalue weighted by atomic mass is 127. The monoisotopic (exact) mass is 418 g/mol. The van der Waals surface area contributed by atoms with E-state index in [-0.39, 0.29) is 26.1 Å². The fourth-order valence-electron chi connectivity index (χ4n) is 2.52. The van der Waals surface area contributed by atoms with Crippen molar-refractivity contribution in [2.45, 2.75) is 0 Å². The van der Waals surface area contributed by atoms with Gasteiger partial charge in [-0.05, 0) is 34.7 Å². The van der Waals surface area contributed by atoms with Crippen LogP contribution in [0.25, 0.3) is 0 Å². The van der Waals surface area contributed by atoms with Gasteiger partial charge in [-0.2, -0.15) is 0 Å². The summed E-state index contributed by atoms with van der Waals surface area (Å²) in [4.78, 5) is 38.1. The van der Waals surface area contributed by atoms with Crippen LogP contribution >= 0.6 is 22.6 Å². The van der Waals surface area contributed by atoms with Gasteiger partial charge < -0.3 is 4.74 Å². The summed E-state index contributed by atoms with van der Waals surface area (Å²) in [6.07, 6.45) is 0. The SMILES string of the molecule is COc1cccc2c1C(=O)C(C(=O)c1ccccc1)=C(I)C2=O. The second-order valence-electron chi connectivity index (χ2n) is 4.93. The number of hydrogen-bond donors (Lipinski definition) is 0. The van der Waals surface area contributed by atoms with Crippen LogP contribution in [-0.4, -0.2) is 24.5 Å². The van der Waals surface area contributed by atoms with Crippen LogP contribution in [-0.2, 0) is 0 Å². The Bertz CT molecular complexity index is 866. The quantitative estimate of drug-likeness (QED) is 0.434. The summed E-state index contributed by atoms with van der Waals surface area (Å²) in [6.45, 7) is 0. The van der Waals surface area contributed by atoms with E-state index in [0.29, 0.717) is 11.3 Å². The number of ether oxygens (including phenoxy) is 1. The van der Waals surface area contributed by atoms with Gasteiger partial charge in [0.1, 0.15) is 5.75 Å². The maximum absolute atomic E-state index is 12.9. The lowest BCUT2D eigenvalue weighted by atomic mass is 9.85. The van der Waals surface area contributed by atoms with Crippen molar-refractivity contribution in [2.75, 3.05) is 7.11 Å². The topological polar surface area (TPSA) is 60.4 Å². The molecule has 2 aromatic carbocycles. The van der Waals surface area contributed by atoms with E-state index in [4.69, 9.17) is 4.74 Å². The Labute approximate surface area is 146 Å². The van der Waals surface area contributed by atoms with Crippen LogP contribution in [0.4, 0.5) is 0 Å². The minimum atomic E-state index is -0.477. The summed E-state index contributed by atoms with van der Waals surface area (Å²) < 4.78 is 5.33. The van der Waals surface area contributed by atoms with Gasteiger partial charge in [0.05, 0.1) is 21.8 Å². The highest BCUT2D eigenvalue weighted by Gasteiger charge is 2.36. The third-order valence-corrected chi connectivity index (χ3v) is 4.66. The zero-order valence-electron chi connectivity index (χ0n) is 12.1. The van der Waals surface area contributed by atoms with Gasteiger partial charge >= 0.3 is 0 Å². The van der Waals surface area contributed by atoms with Crippen molar-refractivity contribution in [2.24, 2.45) is 0 Å². The van der Waals surface area contributed by atoms with Crippen LogP contribution in [0.5, 0.6) is 5.75 Å². The van der Waals surface area contributed by atoms with E-state index >= 15 is 0 Å². The number of hydrogen-bond acceptors (Lipinski definition) is 4. The van der Waals surface area contributed by atoms with Gasteiger partial charge in [0.2, 0.25) is 11.6 Å². The van der Waals surface area contributed by atoms with Crippen LogP contribution in [0.3, 0.4) is 0 Å². The Morgan fingerprint density at radius 3 is 2.30 bits per heavy atom. The van der Waals surface area contributed by atoms with E-state index in [2.05, 4.69) is 0 Å². The molecule has 0 saturated heterocycles. The number of Topliss-reactive ketones (excluding diaryl/α,β-unsaturated/α-hetero) is 3. The van der Waals surface area contributed by atoms with E-state index in [9.17, 15) is 14.4 Å². The smallest absolute Gasteiger partial charge is 0.202 e. The Balaban J connectivity index is 2.19. The number of ketones is 3. The third kappa shape index (κ3) is 2.50. The van der Waals surface area contributed by atoms with Gasteiger partial charge in [-0.15, -0.1) is 0 Å². The molecule has 0 aromatic heterocycles. The normalized spacial score (nSPS) is 13.8. The van der Waals surface area contributed by atoms with Crippen LogP contribution < -0.4 is 4.74 Å². The fraction of sp³-hybridized carbons (Fsp3) is 0.0556. The Morgan fingerprint density at radius 1 is 0.957 bits per heavy atom. The van der Waals surface area contributed by atoms with Crippen LogP contribution in [0.1, 0.15) is 31.1 Å². The molecule has 0 unspecified atom stereocenters. The summed E-state index contributed by atoms with van der Waals surface area (Å²) in [5, 5.41) is 0. The molecule has 4 nitrogen and oxygen atoms in total. The molecule has 3 rings (SSSR count). The van der Waals surface area contributed by atoms with Crippen LogP contribution in [0.2, 0.25) is 0 Å². The van der Waals surface area contributed by atoms with Crippen LogP contribution in [0, 0.1) is 0 Å². The van der Waals surface area contributed by atoms with E-state index in [1.54, 1.807) is 71.1 Å². The molecule has 0 N–H and O–H groups in total. The second kappa shape index (κ2) is 6.08. The molecule has 0 aliphatic heterocycles. The minimum absolute atomic E-state index is 0.0983. The van der Waals surface area contributed by atoms with Crippen molar-refractivity contribution in [3.8, 4) is 5.75 Å². The van der Waals surface area contributed by atoms with Crippen molar-refractivity contribution in [3.63, 3.8) is 0 Å². The zero-order chi connectivity index (χ0) is 16.6. The molecule has 1 aliphatic carbocycles. The van der Waals surface area contributed by atoms with E-state index in [1.807, 2.05) is 0 Å². The Hall–Kier alpha value is -2.28. The molecule has 114 valence electrons. The molecular weight excluding hydrogens is 407 g/mol. The first kappa shape index (κ1) is 15.6. The molecule has 0 bridgehead atoms. The van der Waals surface area contributed by atoms with E-state index in [0.717, 1.165) is 0 Å². The summed E-state index contributed by atoms with van der Waals surface area (Å²) in [5.74, 6) is -0.971. The molecule has 5 heteroatoms. The number of carbonyl (C=O) groups is 3. The maximum atomic E-state index is 12.9. The lowest BCUT2D eigenvalue weighted by Crippen LogP contribution is -2.25. The molecule has 1 aliphatic rings. The van der Waals surface area contributed by atoms with E-state index in [1.165, 1.54) is 7.11 Å². The average molecular weight is 418 g/mol. The summed E-state index contributed by atoms with van der Waals surface area (Å²) >= 11 is 1.77. The number of carbonyl (C=O) groups excluding carboxylic acids is 3. The standard InChI is InChI=1S/C18H11IO4/c1-23-12-9-5-8-11-13(12)18(22)14(15(19)17(11)21)16(20)10-6-3-2-4-7-10/h2-9H,1H3. The molecule has 2 aromatic rings. The van der Waals surface area contributed by atoms with Gasteiger partial charge in [-0.25, -0.2) is 0 Å². The lowest BCUT2D eigenvalue weighted by Gasteiger charge is -2.19. The predicted octanol–water partition coefficient (Wildman–Crippen LogP) is 3.65. The van der Waals surface area contributed by atoms with E-state index < -0.39 is 11.6 Å². The number of halogens is 1. The molecule has 0 heterocycles. The average Bonchev–Trinajstić information content (AvgIpc) is 2.59. The highest BCUT2D eigenvalue weighted by Crippen LogP contribution is 2.36. The number of benzene rings is 2. The maximum Gasteiger partial charge on any atom is 0.202 e. The summed E-state index contributed by atoms with van der Waals surface area (Å²) in [7, 11) is 1.43. The molecule has 0 spiro atoms. The molecule has 0 atom stereocenters. The number of rotatable bonds is 3. The van der Waals surface area contributed by atoms with Gasteiger partial charge in [-0.3, -0.25) is 14.4 Å². The van der Waals surface area contributed by atoms with Crippen molar-refractivity contribution in [1.29, 1.82) is 0 Å². The number of fused-ring (bicyclic) bond motifs is 1. The van der Waals surface area contributed by atoms with Gasteiger partial charge in [0.25, 0.3) is 0 Å². The highest BCUT2D eigenvalue weighted by molar-refractivity contribution is 14.1. The summed E-state index contributed by atoms with van der Waals surface area (Å²) in [6, 6.07) is 13.3. The Morgan fingerprint density at radius 2 is 1.65 bits per heavy atom. The van der Waals surface area contributed by atoms with Gasteiger partial charge in [0.15, 0.2) is 5.78 Å². The molecule has 0 amide bonds. The largest absolute Gasteiger partial charge is 0.496 e. The zero-order valence-corrected chi connectivity index (χ0v) is 14.3. The summed E-state index contributed by atoms with van der Waals surface area (Å²) in [5.41, 5.74) is 0.693. The lowest BCUT2D eigenvalue weighted by molar-refractivity contribution is 0.0932. The molecule has 23 heavy (non-hydrogen) atoms. The van der Waals surface area contributed by atoms with Crippen molar-refractivity contribution < 1.29 is 19.1 Å².